The minimum Gasteiger partial charge on any atom is -0.364 e. The summed E-state index contributed by atoms with van der Waals surface area (Å²) in [6.07, 6.45) is 3.29. The van der Waals surface area contributed by atoms with Crippen LogP contribution in [0, 0.1) is 6.92 Å². The quantitative estimate of drug-likeness (QED) is 0.402. The van der Waals surface area contributed by atoms with Gasteiger partial charge in [-0.05, 0) is 13.3 Å². The van der Waals surface area contributed by atoms with Gasteiger partial charge in [0.25, 0.3) is 0 Å². The minimum atomic E-state index is -3.39. The van der Waals surface area contributed by atoms with Crippen LogP contribution in [0.2, 0.25) is 0 Å². The van der Waals surface area contributed by atoms with Gasteiger partial charge in [-0.3, -0.25) is 4.99 Å². The molecule has 0 aromatic carbocycles. The molecule has 3 heterocycles. The number of hydrogen-bond donors (Lipinski definition) is 1. The first kappa shape index (κ1) is 20.7. The lowest BCUT2D eigenvalue weighted by Crippen LogP contribution is -2.54. The molecule has 1 fully saturated rings. The van der Waals surface area contributed by atoms with E-state index in [1.165, 1.54) is 10.6 Å². The zero-order valence-electron chi connectivity index (χ0n) is 16.2. The maximum Gasteiger partial charge on any atom is 0.220 e. The molecular weight excluding hydrogens is 400 g/mol. The van der Waals surface area contributed by atoms with Gasteiger partial charge in [-0.15, -0.1) is 11.3 Å². The van der Waals surface area contributed by atoms with Gasteiger partial charge in [0.05, 0.1) is 10.7 Å². The van der Waals surface area contributed by atoms with E-state index in [1.807, 2.05) is 6.92 Å². The second-order valence-electron chi connectivity index (χ2n) is 6.59. The lowest BCUT2D eigenvalue weighted by molar-refractivity contribution is 0.260. The first-order chi connectivity index (χ1) is 13.5. The number of rotatable bonds is 7. The average molecular weight is 427 g/mol. The molecule has 0 spiro atoms. The number of thiazole rings is 1. The van der Waals surface area contributed by atoms with Crippen LogP contribution in [0.5, 0.6) is 0 Å². The summed E-state index contributed by atoms with van der Waals surface area (Å²) in [5.74, 6) is 0.677. The number of aryl methyl sites for hydroxylation is 2. The predicted molar refractivity (Wildman–Crippen MR) is 109 cm³/mol. The third-order valence-electron chi connectivity index (χ3n) is 4.48. The molecule has 0 unspecified atom stereocenters. The Hall–Kier alpha value is -1.98. The summed E-state index contributed by atoms with van der Waals surface area (Å²) in [5.41, 5.74) is 1.50. The average Bonchev–Trinajstić information content (AvgIpc) is 3.33. The molecule has 0 saturated carbocycles. The third-order valence-corrected chi connectivity index (χ3v) is 7.32. The monoisotopic (exact) mass is 426 g/mol. The van der Waals surface area contributed by atoms with Crippen LogP contribution >= 0.6 is 11.3 Å². The summed E-state index contributed by atoms with van der Waals surface area (Å²) in [4.78, 5) is 10.9. The Morgan fingerprint density at radius 3 is 2.75 bits per heavy atom. The van der Waals surface area contributed by atoms with Crippen molar-refractivity contribution in [2.75, 3.05) is 39.8 Å². The van der Waals surface area contributed by atoms with Gasteiger partial charge in [0.1, 0.15) is 12.0 Å². The number of sulfonamides is 1. The molecule has 0 bridgehead atoms. The fourth-order valence-electron chi connectivity index (χ4n) is 3.06. The first-order valence-electron chi connectivity index (χ1n) is 9.21. The van der Waals surface area contributed by atoms with E-state index in [0.29, 0.717) is 31.9 Å². The molecule has 2 aromatic rings. The number of aliphatic imine (C=N–C) groups is 1. The minimum absolute atomic E-state index is 0.132. The van der Waals surface area contributed by atoms with Crippen molar-refractivity contribution in [1.82, 2.24) is 24.7 Å². The van der Waals surface area contributed by atoms with E-state index < -0.39 is 10.0 Å². The topological polar surface area (TPSA) is 104 Å². The van der Waals surface area contributed by atoms with Crippen LogP contribution < -0.4 is 5.32 Å². The Kier molecular flexibility index (Phi) is 7.03. The fourth-order valence-corrected chi connectivity index (χ4v) is 5.30. The van der Waals surface area contributed by atoms with Gasteiger partial charge >= 0.3 is 0 Å². The number of nitrogens with zero attached hydrogens (tertiary/aromatic N) is 5. The zero-order valence-corrected chi connectivity index (χ0v) is 17.8. The standard InChI is InChI=1S/C17H26N6O3S2/c1-14-12-27-16(20-14)4-3-6-19-17(18-2)22-7-9-23(10-8-22)28(24,25)13-15-5-11-26-21-15/h5,11-12H,3-4,6-10,13H2,1-2H3,(H,18,19). The van der Waals surface area contributed by atoms with Crippen molar-refractivity contribution in [1.29, 1.82) is 0 Å². The van der Waals surface area contributed by atoms with Gasteiger partial charge in [0.15, 0.2) is 5.96 Å². The molecule has 1 aliphatic heterocycles. The second kappa shape index (κ2) is 9.48. The lowest BCUT2D eigenvalue weighted by atomic mass is 10.3. The summed E-state index contributed by atoms with van der Waals surface area (Å²) in [6, 6.07) is 1.58. The van der Waals surface area contributed by atoms with Crippen molar-refractivity contribution >= 4 is 27.3 Å². The van der Waals surface area contributed by atoms with Crippen molar-refractivity contribution in [3.63, 3.8) is 0 Å². The number of hydrogen-bond acceptors (Lipinski definition) is 7. The van der Waals surface area contributed by atoms with Crippen molar-refractivity contribution in [3.8, 4) is 0 Å². The van der Waals surface area contributed by atoms with Crippen LogP contribution in [0.1, 0.15) is 22.8 Å². The van der Waals surface area contributed by atoms with E-state index in [9.17, 15) is 8.42 Å². The van der Waals surface area contributed by atoms with Gasteiger partial charge in [0, 0.05) is 63.3 Å². The molecule has 3 rings (SSSR count). The summed E-state index contributed by atoms with van der Waals surface area (Å²) >= 11 is 1.69. The number of nitrogens with one attached hydrogen (secondary N) is 1. The Balaban J connectivity index is 1.43. The SMILES string of the molecule is CN=C(NCCCc1nc(C)cs1)N1CCN(S(=O)(=O)Cc2ccon2)CC1. The van der Waals surface area contributed by atoms with Gasteiger partial charge < -0.3 is 14.7 Å². The lowest BCUT2D eigenvalue weighted by Gasteiger charge is -2.35. The van der Waals surface area contributed by atoms with Gasteiger partial charge in [-0.25, -0.2) is 13.4 Å². The van der Waals surface area contributed by atoms with E-state index in [2.05, 4.69) is 30.7 Å². The molecule has 1 N–H and O–H groups in total. The summed E-state index contributed by atoms with van der Waals surface area (Å²) in [7, 11) is -1.64. The fraction of sp³-hybridized carbons (Fsp3) is 0.588. The van der Waals surface area contributed by atoms with Crippen LogP contribution in [-0.4, -0.2) is 73.5 Å². The molecule has 154 valence electrons. The number of aromatic nitrogens is 2. The Morgan fingerprint density at radius 1 is 1.36 bits per heavy atom. The largest absolute Gasteiger partial charge is 0.364 e. The normalized spacial score (nSPS) is 16.5. The van der Waals surface area contributed by atoms with Crippen LogP contribution in [0.25, 0.3) is 0 Å². The van der Waals surface area contributed by atoms with Crippen molar-refractivity contribution in [2.45, 2.75) is 25.5 Å². The van der Waals surface area contributed by atoms with Crippen molar-refractivity contribution in [3.05, 3.63) is 34.1 Å². The molecule has 2 aromatic heterocycles. The summed E-state index contributed by atoms with van der Waals surface area (Å²) < 4.78 is 31.3. The zero-order chi connectivity index (χ0) is 20.0. The Labute approximate surface area is 169 Å². The highest BCUT2D eigenvalue weighted by atomic mass is 32.2. The predicted octanol–water partition coefficient (Wildman–Crippen LogP) is 1.10. The van der Waals surface area contributed by atoms with E-state index >= 15 is 0 Å². The van der Waals surface area contributed by atoms with Crippen LogP contribution in [0.3, 0.4) is 0 Å². The van der Waals surface area contributed by atoms with Crippen LogP contribution in [0.15, 0.2) is 27.2 Å². The summed E-state index contributed by atoms with van der Waals surface area (Å²) in [6.45, 7) is 4.87. The first-order valence-corrected chi connectivity index (χ1v) is 11.7. The maximum atomic E-state index is 12.5. The molecule has 0 aliphatic carbocycles. The van der Waals surface area contributed by atoms with E-state index in [4.69, 9.17) is 4.52 Å². The van der Waals surface area contributed by atoms with Crippen molar-refractivity contribution in [2.24, 2.45) is 4.99 Å². The van der Waals surface area contributed by atoms with Crippen LogP contribution in [-0.2, 0) is 22.2 Å². The molecule has 9 nitrogen and oxygen atoms in total. The molecule has 0 amide bonds. The van der Waals surface area contributed by atoms with Crippen LogP contribution in [0.4, 0.5) is 0 Å². The number of piperazine rings is 1. The highest BCUT2D eigenvalue weighted by molar-refractivity contribution is 7.88. The Bertz CT molecular complexity index is 871. The molecule has 1 aliphatic rings. The molecule has 0 radical (unpaired) electrons. The second-order valence-corrected chi connectivity index (χ2v) is 9.50. The van der Waals surface area contributed by atoms with Gasteiger partial charge in [-0.1, -0.05) is 5.16 Å². The van der Waals surface area contributed by atoms with Gasteiger partial charge in [-0.2, -0.15) is 4.31 Å². The smallest absolute Gasteiger partial charge is 0.220 e. The van der Waals surface area contributed by atoms with Gasteiger partial charge in [0.2, 0.25) is 10.0 Å². The highest BCUT2D eigenvalue weighted by Crippen LogP contribution is 2.13. The molecule has 11 heteroatoms. The number of guanidine groups is 1. The maximum absolute atomic E-state index is 12.5. The molecule has 28 heavy (non-hydrogen) atoms. The van der Waals surface area contributed by atoms with E-state index in [0.717, 1.165) is 36.0 Å². The van der Waals surface area contributed by atoms with Crippen molar-refractivity contribution < 1.29 is 12.9 Å². The molecular formula is C17H26N6O3S2. The highest BCUT2D eigenvalue weighted by Gasteiger charge is 2.28. The van der Waals surface area contributed by atoms with E-state index in [1.54, 1.807) is 24.5 Å². The summed E-state index contributed by atoms with van der Waals surface area (Å²) in [5, 5.41) is 10.3. The third kappa shape index (κ3) is 5.52. The molecule has 0 atom stereocenters. The Morgan fingerprint density at radius 2 is 2.14 bits per heavy atom. The van der Waals surface area contributed by atoms with E-state index in [-0.39, 0.29) is 5.75 Å². The molecule has 1 saturated heterocycles.